The average molecular weight is 250 g/mol. The van der Waals surface area contributed by atoms with Crippen LogP contribution in [0.1, 0.15) is 16.1 Å². The molecule has 7 heteroatoms. The van der Waals surface area contributed by atoms with Gasteiger partial charge in [0.15, 0.2) is 6.10 Å². The van der Waals surface area contributed by atoms with Gasteiger partial charge in [-0.2, -0.15) is 5.26 Å². The number of carbonyl (C=O) groups excluding carboxylic acids is 1. The molecule has 1 unspecified atom stereocenters. The number of hydrazine groups is 1. The second-order valence-electron chi connectivity index (χ2n) is 4.00. The van der Waals surface area contributed by atoms with Crippen LogP contribution in [0, 0.1) is 11.3 Å². The van der Waals surface area contributed by atoms with E-state index in [1.54, 1.807) is 6.07 Å². The summed E-state index contributed by atoms with van der Waals surface area (Å²) in [5, 5.41) is 8.79. The third-order valence-electron chi connectivity index (χ3n) is 2.72. The van der Waals surface area contributed by atoms with E-state index in [4.69, 9.17) is 20.3 Å². The van der Waals surface area contributed by atoms with Gasteiger partial charge in [-0.3, -0.25) is 15.1 Å². The first kappa shape index (κ1) is 12.6. The zero-order chi connectivity index (χ0) is 13.0. The van der Waals surface area contributed by atoms with Gasteiger partial charge in [0.1, 0.15) is 12.0 Å². The van der Waals surface area contributed by atoms with E-state index in [2.05, 4.69) is 6.07 Å². The van der Waals surface area contributed by atoms with Gasteiger partial charge in [-0.05, 0) is 6.07 Å². The van der Waals surface area contributed by atoms with Crippen molar-refractivity contribution < 1.29 is 13.9 Å². The topological polar surface area (TPSA) is 105 Å². The molecule has 1 aromatic heterocycles. The number of nitrogens with zero attached hydrogens (tertiary/aromatic N) is 2. The first-order valence-electron chi connectivity index (χ1n) is 5.55. The molecule has 0 bridgehead atoms. The zero-order valence-electron chi connectivity index (χ0n) is 9.76. The number of carbonyl (C=O) groups is 1. The van der Waals surface area contributed by atoms with E-state index in [0.717, 1.165) is 6.54 Å². The lowest BCUT2D eigenvalue weighted by Gasteiger charge is -2.28. The van der Waals surface area contributed by atoms with Crippen molar-refractivity contribution in [3.8, 4) is 6.07 Å². The molecule has 1 aliphatic rings. The molecule has 2 heterocycles. The van der Waals surface area contributed by atoms with E-state index in [-0.39, 0.29) is 5.91 Å². The largest absolute Gasteiger partial charge is 0.467 e. The van der Waals surface area contributed by atoms with Crippen molar-refractivity contribution in [3.05, 3.63) is 23.7 Å². The van der Waals surface area contributed by atoms with Crippen LogP contribution in [0.25, 0.3) is 0 Å². The summed E-state index contributed by atoms with van der Waals surface area (Å²) in [6.45, 7) is 2.33. The number of nitrogens with one attached hydrogen (secondary N) is 1. The minimum absolute atomic E-state index is 0.387. The molecular formula is C11H14N4O3. The van der Waals surface area contributed by atoms with Crippen LogP contribution in [0.3, 0.4) is 0 Å². The second kappa shape index (κ2) is 5.64. The molecular weight excluding hydrogens is 236 g/mol. The Bertz CT molecular complexity index is 465. The number of rotatable bonds is 3. The number of ether oxygens (including phenoxy) is 1. The second-order valence-corrected chi connectivity index (χ2v) is 4.00. The highest BCUT2D eigenvalue weighted by Gasteiger charge is 2.21. The molecule has 0 aromatic carbocycles. The van der Waals surface area contributed by atoms with E-state index in [9.17, 15) is 4.79 Å². The minimum atomic E-state index is -0.402. The Hall–Kier alpha value is -1.88. The molecule has 0 spiro atoms. The van der Waals surface area contributed by atoms with Crippen molar-refractivity contribution in [1.82, 2.24) is 10.3 Å². The maximum Gasteiger partial charge on any atom is 0.268 e. The third-order valence-corrected chi connectivity index (χ3v) is 2.72. The first-order chi connectivity index (χ1) is 8.72. The summed E-state index contributed by atoms with van der Waals surface area (Å²) in [4.78, 5) is 13.3. The highest BCUT2D eigenvalue weighted by Crippen LogP contribution is 2.13. The molecule has 1 atom stereocenters. The van der Waals surface area contributed by atoms with E-state index in [0.29, 0.717) is 31.0 Å². The summed E-state index contributed by atoms with van der Waals surface area (Å²) in [6.07, 6.45) is 0.959. The Morgan fingerprint density at radius 3 is 3.28 bits per heavy atom. The van der Waals surface area contributed by atoms with Gasteiger partial charge in [0.25, 0.3) is 5.91 Å². The minimum Gasteiger partial charge on any atom is -0.467 e. The summed E-state index contributed by atoms with van der Waals surface area (Å²) >= 11 is 0. The van der Waals surface area contributed by atoms with Crippen LogP contribution in [-0.2, 0) is 11.3 Å². The highest BCUT2D eigenvalue weighted by molar-refractivity contribution is 5.93. The summed E-state index contributed by atoms with van der Waals surface area (Å²) in [5.41, 5.74) is 2.43. The predicted molar refractivity (Wildman–Crippen MR) is 61.0 cm³/mol. The van der Waals surface area contributed by atoms with Crippen LogP contribution in [0.5, 0.6) is 0 Å². The Morgan fingerprint density at radius 2 is 2.56 bits per heavy atom. The lowest BCUT2D eigenvalue weighted by molar-refractivity contribution is -0.00486. The molecule has 1 saturated heterocycles. The van der Waals surface area contributed by atoms with Crippen LogP contribution < -0.4 is 11.3 Å². The quantitative estimate of drug-likeness (QED) is 0.430. The molecule has 18 heavy (non-hydrogen) atoms. The number of hydrogen-bond donors (Lipinski definition) is 2. The maximum atomic E-state index is 11.2. The lowest BCUT2D eigenvalue weighted by Crippen LogP contribution is -2.41. The summed E-state index contributed by atoms with van der Waals surface area (Å²) in [6, 6.07) is 3.72. The fourth-order valence-electron chi connectivity index (χ4n) is 1.81. The van der Waals surface area contributed by atoms with Gasteiger partial charge in [-0.15, -0.1) is 0 Å². The Balaban J connectivity index is 1.95. The number of furan rings is 1. The number of nitrogens with two attached hydrogens (primary N) is 1. The van der Waals surface area contributed by atoms with Crippen molar-refractivity contribution in [2.24, 2.45) is 5.84 Å². The van der Waals surface area contributed by atoms with Crippen LogP contribution in [0.4, 0.5) is 0 Å². The SMILES string of the molecule is N#CC1CN(Cc2cc(C(=O)NN)co2)CCO1. The Morgan fingerprint density at radius 1 is 1.72 bits per heavy atom. The molecule has 96 valence electrons. The van der Waals surface area contributed by atoms with Gasteiger partial charge in [-0.25, -0.2) is 5.84 Å². The highest BCUT2D eigenvalue weighted by atomic mass is 16.5. The van der Waals surface area contributed by atoms with Crippen molar-refractivity contribution in [1.29, 1.82) is 5.26 Å². The monoisotopic (exact) mass is 250 g/mol. The van der Waals surface area contributed by atoms with Gasteiger partial charge in [0.2, 0.25) is 0 Å². The molecule has 0 radical (unpaired) electrons. The fourth-order valence-corrected chi connectivity index (χ4v) is 1.81. The third kappa shape index (κ3) is 2.87. The van der Waals surface area contributed by atoms with Gasteiger partial charge in [-0.1, -0.05) is 0 Å². The molecule has 0 saturated carbocycles. The van der Waals surface area contributed by atoms with Crippen molar-refractivity contribution >= 4 is 5.91 Å². The molecule has 3 N–H and O–H groups in total. The predicted octanol–water partition coefficient (Wildman–Crippen LogP) is -0.393. The zero-order valence-corrected chi connectivity index (χ0v) is 9.76. The number of hydrogen-bond acceptors (Lipinski definition) is 6. The molecule has 1 amide bonds. The molecule has 1 aromatic rings. The van der Waals surface area contributed by atoms with Gasteiger partial charge in [0.05, 0.1) is 24.8 Å². The lowest BCUT2D eigenvalue weighted by atomic mass is 10.2. The van der Waals surface area contributed by atoms with E-state index >= 15 is 0 Å². The first-order valence-corrected chi connectivity index (χ1v) is 5.55. The van der Waals surface area contributed by atoms with Crippen LogP contribution >= 0.6 is 0 Å². The van der Waals surface area contributed by atoms with Crippen molar-refractivity contribution in [3.63, 3.8) is 0 Å². The fraction of sp³-hybridized carbons (Fsp3) is 0.455. The smallest absolute Gasteiger partial charge is 0.268 e. The van der Waals surface area contributed by atoms with Crippen molar-refractivity contribution in [2.45, 2.75) is 12.6 Å². The standard InChI is InChI=1S/C11H14N4O3/c12-4-10-6-15(1-2-17-10)5-9-3-8(7-18-9)11(16)14-13/h3,7,10H,1-2,5-6,13H2,(H,14,16). The van der Waals surface area contributed by atoms with Gasteiger partial charge < -0.3 is 9.15 Å². The number of nitrogen functional groups attached to an aromatic ring is 1. The number of amides is 1. The van der Waals surface area contributed by atoms with Crippen LogP contribution in [-0.4, -0.2) is 36.6 Å². The number of nitriles is 1. The van der Waals surface area contributed by atoms with Crippen LogP contribution in [0.15, 0.2) is 16.7 Å². The Kier molecular flexibility index (Phi) is 3.94. The molecule has 2 rings (SSSR count). The molecule has 1 fully saturated rings. The van der Waals surface area contributed by atoms with Crippen LogP contribution in [0.2, 0.25) is 0 Å². The summed E-state index contributed by atoms with van der Waals surface area (Å²) in [5.74, 6) is 5.30. The Labute approximate surface area is 104 Å². The normalized spacial score (nSPS) is 20.3. The van der Waals surface area contributed by atoms with Crippen molar-refractivity contribution in [2.75, 3.05) is 19.7 Å². The summed E-state index contributed by atoms with van der Waals surface area (Å²) < 4.78 is 10.5. The van der Waals surface area contributed by atoms with E-state index in [1.165, 1.54) is 6.26 Å². The van der Waals surface area contributed by atoms with Gasteiger partial charge >= 0.3 is 0 Å². The van der Waals surface area contributed by atoms with E-state index in [1.807, 2.05) is 10.3 Å². The molecule has 7 nitrogen and oxygen atoms in total. The van der Waals surface area contributed by atoms with Gasteiger partial charge in [0, 0.05) is 13.1 Å². The average Bonchev–Trinajstić information content (AvgIpc) is 2.86. The maximum absolute atomic E-state index is 11.2. The molecule has 0 aliphatic carbocycles. The molecule has 1 aliphatic heterocycles. The number of morpholine rings is 1. The van der Waals surface area contributed by atoms with E-state index < -0.39 is 6.10 Å². The summed E-state index contributed by atoms with van der Waals surface area (Å²) in [7, 11) is 0.